The number of fused-ring (bicyclic) bond motifs is 1. The Kier molecular flexibility index (Phi) is 2.70. The second-order valence-corrected chi connectivity index (χ2v) is 5.18. The molecule has 3 nitrogen and oxygen atoms in total. The van der Waals surface area contributed by atoms with Crippen molar-refractivity contribution < 1.29 is 0 Å². The number of rotatable bonds is 1. The number of anilines is 3. The van der Waals surface area contributed by atoms with Crippen molar-refractivity contribution in [2.75, 3.05) is 16.8 Å². The van der Waals surface area contributed by atoms with Crippen LogP contribution in [0.25, 0.3) is 0 Å². The largest absolute Gasteiger partial charge is 0.351 e. The molecule has 19 heavy (non-hydrogen) atoms. The van der Waals surface area contributed by atoms with Crippen molar-refractivity contribution in [1.29, 1.82) is 0 Å². The summed E-state index contributed by atoms with van der Waals surface area (Å²) in [7, 11) is 2.12. The van der Waals surface area contributed by atoms with Gasteiger partial charge in [0.1, 0.15) is 6.17 Å². The molecule has 98 valence electrons. The Balaban J connectivity index is 2.18. The van der Waals surface area contributed by atoms with E-state index in [-0.39, 0.29) is 6.17 Å². The second kappa shape index (κ2) is 4.26. The zero-order valence-corrected chi connectivity index (χ0v) is 11.9. The van der Waals surface area contributed by atoms with E-state index in [1.807, 2.05) is 12.3 Å². The summed E-state index contributed by atoms with van der Waals surface area (Å²) in [4.78, 5) is 9.16. The van der Waals surface area contributed by atoms with Gasteiger partial charge in [-0.25, -0.2) is 4.98 Å². The van der Waals surface area contributed by atoms with Crippen LogP contribution in [0.1, 0.15) is 18.1 Å². The maximum absolute atomic E-state index is 4.57. The van der Waals surface area contributed by atoms with E-state index in [2.05, 4.69) is 66.9 Å². The lowest BCUT2D eigenvalue weighted by Crippen LogP contribution is -2.36. The van der Waals surface area contributed by atoms with Gasteiger partial charge in [0.15, 0.2) is 5.82 Å². The number of benzene rings is 1. The molecule has 0 spiro atoms. The van der Waals surface area contributed by atoms with Crippen LogP contribution in [0.4, 0.5) is 17.2 Å². The van der Waals surface area contributed by atoms with Crippen LogP contribution in [0.5, 0.6) is 0 Å². The van der Waals surface area contributed by atoms with Gasteiger partial charge in [0.25, 0.3) is 0 Å². The Labute approximate surface area is 114 Å². The molecule has 3 rings (SSSR count). The van der Waals surface area contributed by atoms with E-state index < -0.39 is 0 Å². The summed E-state index contributed by atoms with van der Waals surface area (Å²) in [5.41, 5.74) is 5.07. The molecule has 0 saturated carbocycles. The smallest absolute Gasteiger partial charge is 0.158 e. The maximum Gasteiger partial charge on any atom is 0.158 e. The summed E-state index contributed by atoms with van der Waals surface area (Å²) in [5.74, 6) is 1.05. The van der Waals surface area contributed by atoms with Gasteiger partial charge >= 0.3 is 0 Å². The number of hydrogen-bond acceptors (Lipinski definition) is 3. The molecular weight excluding hydrogens is 234 g/mol. The summed E-state index contributed by atoms with van der Waals surface area (Å²) < 4.78 is 0. The van der Waals surface area contributed by atoms with Crippen LogP contribution >= 0.6 is 0 Å². The minimum Gasteiger partial charge on any atom is -0.351 e. The van der Waals surface area contributed by atoms with Gasteiger partial charge in [-0.1, -0.05) is 12.1 Å². The molecule has 2 heterocycles. The van der Waals surface area contributed by atoms with Crippen LogP contribution in [0.3, 0.4) is 0 Å². The Morgan fingerprint density at radius 1 is 1.05 bits per heavy atom. The summed E-state index contributed by atoms with van der Waals surface area (Å²) in [6.07, 6.45) is 2.15. The predicted octanol–water partition coefficient (Wildman–Crippen LogP) is 3.63. The first-order valence-corrected chi connectivity index (χ1v) is 6.64. The highest BCUT2D eigenvalue weighted by Gasteiger charge is 2.33. The molecule has 1 aliphatic rings. The van der Waals surface area contributed by atoms with Crippen LogP contribution < -0.4 is 9.80 Å². The Morgan fingerprint density at radius 3 is 2.58 bits per heavy atom. The third-order valence-electron chi connectivity index (χ3n) is 4.14. The fraction of sp³-hybridized carbons (Fsp3) is 0.312. The highest BCUT2D eigenvalue weighted by Crippen LogP contribution is 2.42. The lowest BCUT2D eigenvalue weighted by atomic mass is 10.1. The first-order chi connectivity index (χ1) is 9.11. The first kappa shape index (κ1) is 12.0. The van der Waals surface area contributed by atoms with Crippen molar-refractivity contribution >= 4 is 17.2 Å². The van der Waals surface area contributed by atoms with E-state index in [4.69, 9.17) is 0 Å². The summed E-state index contributed by atoms with van der Waals surface area (Å²) >= 11 is 0. The van der Waals surface area contributed by atoms with Crippen molar-refractivity contribution in [2.24, 2.45) is 0 Å². The number of pyridine rings is 1. The number of nitrogens with zero attached hydrogens (tertiary/aromatic N) is 3. The van der Waals surface area contributed by atoms with Crippen LogP contribution in [0, 0.1) is 13.8 Å². The fourth-order valence-electron chi connectivity index (χ4n) is 2.71. The van der Waals surface area contributed by atoms with Gasteiger partial charge in [-0.2, -0.15) is 0 Å². The predicted molar refractivity (Wildman–Crippen MR) is 80.2 cm³/mol. The monoisotopic (exact) mass is 253 g/mol. The molecule has 0 fully saturated rings. The molecule has 1 aromatic heterocycles. The topological polar surface area (TPSA) is 19.4 Å². The third kappa shape index (κ3) is 1.69. The van der Waals surface area contributed by atoms with Crippen molar-refractivity contribution in [3.8, 4) is 0 Å². The minimum atomic E-state index is 0.283. The maximum atomic E-state index is 4.57. The molecule has 3 heteroatoms. The van der Waals surface area contributed by atoms with E-state index in [9.17, 15) is 0 Å². The molecule has 0 amide bonds. The normalized spacial score (nSPS) is 17.8. The molecule has 0 unspecified atom stereocenters. The van der Waals surface area contributed by atoms with Crippen molar-refractivity contribution in [3.05, 3.63) is 47.7 Å². The Hall–Kier alpha value is -2.03. The summed E-state index contributed by atoms with van der Waals surface area (Å²) in [6, 6.07) is 10.6. The SMILES string of the molecule is Cc1cccc(N2c3ncccc3N(C)[C@@H]2C)c1C. The molecule has 1 atom stereocenters. The van der Waals surface area contributed by atoms with Gasteiger partial charge < -0.3 is 9.80 Å². The number of hydrogen-bond donors (Lipinski definition) is 0. The molecular formula is C16H19N3. The zero-order chi connectivity index (χ0) is 13.6. The molecule has 1 aromatic carbocycles. The molecule has 0 bridgehead atoms. The Bertz CT molecular complexity index is 621. The molecule has 1 aliphatic heterocycles. The quantitative estimate of drug-likeness (QED) is 0.773. The van der Waals surface area contributed by atoms with E-state index in [1.165, 1.54) is 22.5 Å². The van der Waals surface area contributed by atoms with E-state index >= 15 is 0 Å². The van der Waals surface area contributed by atoms with Gasteiger partial charge in [-0.3, -0.25) is 0 Å². The van der Waals surface area contributed by atoms with Crippen LogP contribution in [0.2, 0.25) is 0 Å². The first-order valence-electron chi connectivity index (χ1n) is 6.64. The molecule has 0 radical (unpaired) electrons. The average molecular weight is 253 g/mol. The summed E-state index contributed by atoms with van der Waals surface area (Å²) in [5, 5.41) is 0. The van der Waals surface area contributed by atoms with E-state index in [0.29, 0.717) is 0 Å². The lowest BCUT2D eigenvalue weighted by molar-refractivity contribution is 0.729. The second-order valence-electron chi connectivity index (χ2n) is 5.18. The van der Waals surface area contributed by atoms with Gasteiger partial charge in [-0.05, 0) is 50.1 Å². The van der Waals surface area contributed by atoms with Gasteiger partial charge in [0.05, 0.1) is 5.69 Å². The lowest BCUT2D eigenvalue weighted by Gasteiger charge is -2.28. The molecule has 0 N–H and O–H groups in total. The highest BCUT2D eigenvalue weighted by molar-refractivity contribution is 5.81. The van der Waals surface area contributed by atoms with Crippen molar-refractivity contribution in [2.45, 2.75) is 26.9 Å². The third-order valence-corrected chi connectivity index (χ3v) is 4.14. The number of aromatic nitrogens is 1. The zero-order valence-electron chi connectivity index (χ0n) is 11.9. The highest BCUT2D eigenvalue weighted by atomic mass is 15.4. The van der Waals surface area contributed by atoms with Gasteiger partial charge in [0.2, 0.25) is 0 Å². The van der Waals surface area contributed by atoms with Gasteiger partial charge in [0, 0.05) is 18.9 Å². The van der Waals surface area contributed by atoms with E-state index in [1.54, 1.807) is 0 Å². The van der Waals surface area contributed by atoms with Crippen LogP contribution in [-0.4, -0.2) is 18.2 Å². The molecule has 2 aromatic rings. The average Bonchev–Trinajstić information content (AvgIpc) is 2.67. The van der Waals surface area contributed by atoms with Crippen molar-refractivity contribution in [1.82, 2.24) is 4.98 Å². The molecule has 0 saturated heterocycles. The summed E-state index contributed by atoms with van der Waals surface area (Å²) in [6.45, 7) is 6.55. The number of aryl methyl sites for hydroxylation is 1. The minimum absolute atomic E-state index is 0.283. The molecule has 0 aliphatic carbocycles. The standard InChI is InChI=1S/C16H19N3/c1-11-7-5-8-14(12(11)2)19-13(3)18(4)15-9-6-10-17-16(15)19/h5-10,13H,1-4H3/t13-/m0/s1. The van der Waals surface area contributed by atoms with Crippen molar-refractivity contribution in [3.63, 3.8) is 0 Å². The van der Waals surface area contributed by atoms with Crippen LogP contribution in [0.15, 0.2) is 36.5 Å². The van der Waals surface area contributed by atoms with Gasteiger partial charge in [-0.15, -0.1) is 0 Å². The Morgan fingerprint density at radius 2 is 1.79 bits per heavy atom. The van der Waals surface area contributed by atoms with Crippen LogP contribution in [-0.2, 0) is 0 Å². The fourth-order valence-corrected chi connectivity index (χ4v) is 2.71. The van der Waals surface area contributed by atoms with E-state index in [0.717, 1.165) is 5.82 Å².